The van der Waals surface area contributed by atoms with Gasteiger partial charge in [0.2, 0.25) is 0 Å². The van der Waals surface area contributed by atoms with Crippen molar-refractivity contribution in [3.05, 3.63) is 64.4 Å². The highest BCUT2D eigenvalue weighted by atomic mass is 32.2. The number of nitrogens with one attached hydrogen (secondary N) is 1. The SMILES string of the molecule is CC(C)=Nn1c(=O)c(C2=NS(=O)(=O)c3ccccc3N2)c(O)c2ccccc21. The zero-order valence-electron chi connectivity index (χ0n) is 15.0. The summed E-state index contributed by atoms with van der Waals surface area (Å²) in [6.45, 7) is 3.45. The molecular formula is C19H16N4O4S. The number of aromatic nitrogens is 1. The van der Waals surface area contributed by atoms with Crippen LogP contribution in [0.3, 0.4) is 0 Å². The fourth-order valence-corrected chi connectivity index (χ4v) is 4.17. The second-order valence-corrected chi connectivity index (χ2v) is 8.01. The Balaban J connectivity index is 2.07. The van der Waals surface area contributed by atoms with Crippen molar-refractivity contribution in [1.82, 2.24) is 4.68 Å². The Labute approximate surface area is 160 Å². The van der Waals surface area contributed by atoms with E-state index in [0.717, 1.165) is 4.68 Å². The van der Waals surface area contributed by atoms with Gasteiger partial charge >= 0.3 is 0 Å². The molecule has 0 atom stereocenters. The number of para-hydroxylation sites is 2. The summed E-state index contributed by atoms with van der Waals surface area (Å²) in [5.74, 6) is -0.605. The summed E-state index contributed by atoms with van der Waals surface area (Å²) >= 11 is 0. The summed E-state index contributed by atoms with van der Waals surface area (Å²) in [6.07, 6.45) is 0. The van der Waals surface area contributed by atoms with Crippen LogP contribution in [0.5, 0.6) is 5.75 Å². The van der Waals surface area contributed by atoms with Gasteiger partial charge in [0.1, 0.15) is 16.2 Å². The molecule has 1 aliphatic heterocycles. The van der Waals surface area contributed by atoms with Crippen molar-refractivity contribution in [3.63, 3.8) is 0 Å². The van der Waals surface area contributed by atoms with Gasteiger partial charge in [-0.05, 0) is 38.1 Å². The van der Waals surface area contributed by atoms with Crippen molar-refractivity contribution in [3.8, 4) is 5.75 Å². The Morgan fingerprint density at radius 3 is 2.54 bits per heavy atom. The summed E-state index contributed by atoms with van der Waals surface area (Å²) in [5, 5.41) is 18.2. The van der Waals surface area contributed by atoms with E-state index in [9.17, 15) is 18.3 Å². The quantitative estimate of drug-likeness (QED) is 0.646. The lowest BCUT2D eigenvalue weighted by atomic mass is 10.1. The predicted octanol–water partition coefficient (Wildman–Crippen LogP) is 2.51. The molecule has 0 bridgehead atoms. The highest BCUT2D eigenvalue weighted by molar-refractivity contribution is 7.90. The van der Waals surface area contributed by atoms with Gasteiger partial charge in [0.15, 0.2) is 5.84 Å². The Kier molecular flexibility index (Phi) is 4.04. The van der Waals surface area contributed by atoms with Crippen molar-refractivity contribution in [1.29, 1.82) is 0 Å². The largest absolute Gasteiger partial charge is 0.506 e. The number of sulfonamides is 1. The van der Waals surface area contributed by atoms with E-state index in [4.69, 9.17) is 0 Å². The van der Waals surface area contributed by atoms with Gasteiger partial charge in [-0.1, -0.05) is 24.3 Å². The molecule has 2 aromatic carbocycles. The molecule has 9 heteroatoms. The highest BCUT2D eigenvalue weighted by Crippen LogP contribution is 2.32. The van der Waals surface area contributed by atoms with Crippen LogP contribution in [0.15, 0.2) is 67.7 Å². The van der Waals surface area contributed by atoms with E-state index in [0.29, 0.717) is 16.6 Å². The van der Waals surface area contributed by atoms with Gasteiger partial charge < -0.3 is 10.4 Å². The molecule has 28 heavy (non-hydrogen) atoms. The van der Waals surface area contributed by atoms with Crippen molar-refractivity contribution in [2.75, 3.05) is 5.32 Å². The fourth-order valence-electron chi connectivity index (χ4n) is 3.05. The van der Waals surface area contributed by atoms with E-state index >= 15 is 0 Å². The number of aromatic hydroxyl groups is 1. The van der Waals surface area contributed by atoms with E-state index in [2.05, 4.69) is 14.8 Å². The maximum absolute atomic E-state index is 13.1. The first kappa shape index (κ1) is 17.9. The summed E-state index contributed by atoms with van der Waals surface area (Å²) in [6, 6.07) is 12.9. The van der Waals surface area contributed by atoms with Gasteiger partial charge in [0, 0.05) is 11.1 Å². The minimum Gasteiger partial charge on any atom is -0.506 e. The minimum atomic E-state index is -4.03. The first-order valence-electron chi connectivity index (χ1n) is 8.40. The number of fused-ring (bicyclic) bond motifs is 2. The molecule has 0 unspecified atom stereocenters. The zero-order valence-corrected chi connectivity index (χ0v) is 15.9. The van der Waals surface area contributed by atoms with Crippen LogP contribution < -0.4 is 10.9 Å². The van der Waals surface area contributed by atoms with Gasteiger partial charge in [0.05, 0.1) is 11.2 Å². The first-order chi connectivity index (χ1) is 13.3. The summed E-state index contributed by atoms with van der Waals surface area (Å²) < 4.78 is 30.0. The lowest BCUT2D eigenvalue weighted by Gasteiger charge is -2.19. The Morgan fingerprint density at radius 2 is 1.79 bits per heavy atom. The number of nitrogens with zero attached hydrogens (tertiary/aromatic N) is 3. The van der Waals surface area contributed by atoms with Crippen molar-refractivity contribution >= 4 is 38.2 Å². The van der Waals surface area contributed by atoms with Crippen LogP contribution in [0.1, 0.15) is 19.4 Å². The third-order valence-corrected chi connectivity index (χ3v) is 5.53. The molecule has 0 radical (unpaired) electrons. The zero-order chi connectivity index (χ0) is 20.1. The Bertz CT molecular complexity index is 1350. The standard InChI is InChI=1S/C19H16N4O4S/c1-11(2)21-23-14-9-5-3-7-12(14)17(24)16(19(23)25)18-20-13-8-4-6-10-15(13)28(26,27)22-18/h3-10,24H,1-2H3,(H,20,22). The van der Waals surface area contributed by atoms with Crippen LogP contribution >= 0.6 is 0 Å². The maximum Gasteiger partial charge on any atom is 0.286 e. The normalized spacial score (nSPS) is 14.7. The maximum atomic E-state index is 13.1. The number of rotatable bonds is 2. The summed E-state index contributed by atoms with van der Waals surface area (Å²) in [4.78, 5) is 13.1. The molecule has 0 amide bonds. The molecule has 142 valence electrons. The first-order valence-corrected chi connectivity index (χ1v) is 9.84. The van der Waals surface area contributed by atoms with Gasteiger partial charge in [-0.25, -0.2) is 0 Å². The molecule has 2 N–H and O–H groups in total. The smallest absolute Gasteiger partial charge is 0.286 e. The number of hydrogen-bond acceptors (Lipinski definition) is 6. The molecular weight excluding hydrogens is 380 g/mol. The molecule has 0 fully saturated rings. The Morgan fingerprint density at radius 1 is 1.11 bits per heavy atom. The molecule has 8 nitrogen and oxygen atoms in total. The average molecular weight is 396 g/mol. The topological polar surface area (TPSA) is 113 Å². The van der Waals surface area contributed by atoms with Gasteiger partial charge in [-0.2, -0.15) is 18.2 Å². The monoisotopic (exact) mass is 396 g/mol. The van der Waals surface area contributed by atoms with Crippen molar-refractivity contribution in [2.24, 2.45) is 9.50 Å². The second-order valence-electron chi connectivity index (χ2n) is 6.44. The number of hydrogen-bond donors (Lipinski definition) is 2. The predicted molar refractivity (Wildman–Crippen MR) is 108 cm³/mol. The third-order valence-electron chi connectivity index (χ3n) is 4.20. The molecule has 2 heterocycles. The number of anilines is 1. The molecule has 1 aliphatic rings. The van der Waals surface area contributed by atoms with Crippen LogP contribution in [0.4, 0.5) is 5.69 Å². The van der Waals surface area contributed by atoms with Crippen LogP contribution in [0.25, 0.3) is 10.9 Å². The minimum absolute atomic E-state index is 0.00165. The van der Waals surface area contributed by atoms with Crippen LogP contribution in [0, 0.1) is 0 Å². The van der Waals surface area contributed by atoms with E-state index in [1.54, 1.807) is 56.3 Å². The molecule has 0 aliphatic carbocycles. The highest BCUT2D eigenvalue weighted by Gasteiger charge is 2.29. The molecule has 4 rings (SSSR count). The van der Waals surface area contributed by atoms with Crippen LogP contribution in [-0.2, 0) is 10.0 Å². The lowest BCUT2D eigenvalue weighted by Crippen LogP contribution is -2.31. The fraction of sp³-hybridized carbons (Fsp3) is 0.105. The van der Waals surface area contributed by atoms with Crippen LogP contribution in [0.2, 0.25) is 0 Å². The Hall–Kier alpha value is -3.46. The molecule has 0 saturated heterocycles. The van der Waals surface area contributed by atoms with Gasteiger partial charge in [-0.3, -0.25) is 4.79 Å². The number of amidine groups is 1. The second kappa shape index (κ2) is 6.31. The van der Waals surface area contributed by atoms with Crippen molar-refractivity contribution in [2.45, 2.75) is 18.7 Å². The van der Waals surface area contributed by atoms with Crippen molar-refractivity contribution < 1.29 is 13.5 Å². The van der Waals surface area contributed by atoms with Gasteiger partial charge in [-0.15, -0.1) is 4.40 Å². The molecule has 3 aromatic rings. The lowest BCUT2D eigenvalue weighted by molar-refractivity contribution is 0.478. The van der Waals surface area contributed by atoms with E-state index in [-0.39, 0.29) is 27.7 Å². The van der Waals surface area contributed by atoms with Crippen LogP contribution in [-0.4, -0.2) is 29.7 Å². The molecule has 0 spiro atoms. The summed E-state index contributed by atoms with van der Waals surface area (Å²) in [7, 11) is -4.03. The summed E-state index contributed by atoms with van der Waals surface area (Å²) in [5.41, 5.74) is 0.344. The van der Waals surface area contributed by atoms with E-state index < -0.39 is 15.6 Å². The number of benzene rings is 2. The molecule has 0 saturated carbocycles. The average Bonchev–Trinajstić information content (AvgIpc) is 2.65. The van der Waals surface area contributed by atoms with Gasteiger partial charge in [0.25, 0.3) is 15.6 Å². The van der Waals surface area contributed by atoms with E-state index in [1.165, 1.54) is 6.07 Å². The third kappa shape index (κ3) is 2.76. The number of pyridine rings is 1. The van der Waals surface area contributed by atoms with E-state index in [1.807, 2.05) is 0 Å². The molecule has 1 aromatic heterocycles.